The van der Waals surface area contributed by atoms with Gasteiger partial charge in [-0.3, -0.25) is 4.79 Å². The molecule has 0 atom stereocenters. The Bertz CT molecular complexity index is 717. The molecule has 0 fully saturated rings. The highest BCUT2D eigenvalue weighted by atomic mass is 16.4. The second-order valence-corrected chi connectivity index (χ2v) is 5.29. The lowest BCUT2D eigenvalue weighted by atomic mass is 10.1. The fraction of sp³-hybridized carbons (Fsp3) is 0.333. The first-order valence-electron chi connectivity index (χ1n) is 6.56. The Morgan fingerprint density at radius 3 is 2.70 bits per heavy atom. The van der Waals surface area contributed by atoms with E-state index in [2.05, 4.69) is 13.8 Å². The number of nitrogen functional groups attached to an aromatic ring is 1. The van der Waals surface area contributed by atoms with Crippen molar-refractivity contribution >= 4 is 22.6 Å². The van der Waals surface area contributed by atoms with E-state index >= 15 is 0 Å². The van der Waals surface area contributed by atoms with Crippen LogP contribution in [0.5, 0.6) is 0 Å². The Kier molecular flexibility index (Phi) is 3.79. The number of rotatable bonds is 4. The van der Waals surface area contributed by atoms with Gasteiger partial charge in [0, 0.05) is 18.4 Å². The van der Waals surface area contributed by atoms with Crippen molar-refractivity contribution in [3.05, 3.63) is 40.2 Å². The number of hydrogen-bond acceptors (Lipinski definition) is 3. The highest BCUT2D eigenvalue weighted by molar-refractivity contribution is 5.97. The summed E-state index contributed by atoms with van der Waals surface area (Å²) in [6.07, 6.45) is 2.31. The van der Waals surface area contributed by atoms with Crippen LogP contribution in [0.3, 0.4) is 0 Å². The van der Waals surface area contributed by atoms with Crippen molar-refractivity contribution in [2.45, 2.75) is 26.8 Å². The average Bonchev–Trinajstić information content (AvgIpc) is 2.37. The molecule has 0 amide bonds. The van der Waals surface area contributed by atoms with E-state index in [0.29, 0.717) is 23.7 Å². The lowest BCUT2D eigenvalue weighted by Gasteiger charge is -2.14. The fourth-order valence-corrected chi connectivity index (χ4v) is 2.20. The number of fused-ring (bicyclic) bond motifs is 1. The van der Waals surface area contributed by atoms with Crippen LogP contribution in [0.15, 0.2) is 29.2 Å². The summed E-state index contributed by atoms with van der Waals surface area (Å²) in [6, 6.07) is 5.17. The second kappa shape index (κ2) is 5.36. The van der Waals surface area contributed by atoms with Gasteiger partial charge in [0.2, 0.25) is 5.43 Å². The number of hydrogen-bond donors (Lipinski definition) is 2. The van der Waals surface area contributed by atoms with Crippen LogP contribution in [0.1, 0.15) is 30.6 Å². The molecule has 0 aliphatic heterocycles. The van der Waals surface area contributed by atoms with Crippen molar-refractivity contribution in [1.29, 1.82) is 0 Å². The van der Waals surface area contributed by atoms with Gasteiger partial charge in [0.05, 0.1) is 10.9 Å². The maximum atomic E-state index is 12.2. The Morgan fingerprint density at radius 1 is 1.40 bits per heavy atom. The zero-order chi connectivity index (χ0) is 14.9. The number of nitrogens with zero attached hydrogens (tertiary/aromatic N) is 1. The van der Waals surface area contributed by atoms with Gasteiger partial charge in [-0.15, -0.1) is 0 Å². The molecule has 5 nitrogen and oxygen atoms in total. The molecule has 0 saturated heterocycles. The number of aromatic carboxylic acids is 1. The fourth-order valence-electron chi connectivity index (χ4n) is 2.20. The largest absolute Gasteiger partial charge is 0.477 e. The number of aryl methyl sites for hydroxylation is 1. The van der Waals surface area contributed by atoms with Crippen LogP contribution in [0.4, 0.5) is 5.69 Å². The number of pyridine rings is 1. The number of carboxylic acids is 1. The molecule has 0 unspecified atom stereocenters. The number of carbonyl (C=O) groups is 1. The predicted octanol–water partition coefficient (Wildman–Crippen LogP) is 2.33. The smallest absolute Gasteiger partial charge is 0.341 e. The molecule has 106 valence electrons. The molecule has 2 aromatic rings. The molecule has 0 aliphatic carbocycles. The van der Waals surface area contributed by atoms with Crippen LogP contribution in [-0.4, -0.2) is 15.6 Å². The van der Waals surface area contributed by atoms with Crippen molar-refractivity contribution in [1.82, 2.24) is 4.57 Å². The lowest BCUT2D eigenvalue weighted by molar-refractivity contribution is 0.0695. The van der Waals surface area contributed by atoms with Gasteiger partial charge < -0.3 is 15.4 Å². The molecule has 1 aromatic carbocycles. The Morgan fingerprint density at radius 2 is 2.10 bits per heavy atom. The number of benzene rings is 1. The normalized spacial score (nSPS) is 11.2. The van der Waals surface area contributed by atoms with Crippen molar-refractivity contribution in [2.24, 2.45) is 5.92 Å². The third kappa shape index (κ3) is 2.52. The summed E-state index contributed by atoms with van der Waals surface area (Å²) in [5, 5.41) is 9.45. The molecular formula is C15H18N2O3. The van der Waals surface area contributed by atoms with Gasteiger partial charge in [0.1, 0.15) is 5.56 Å². The zero-order valence-electron chi connectivity index (χ0n) is 11.6. The van der Waals surface area contributed by atoms with E-state index in [-0.39, 0.29) is 10.9 Å². The minimum absolute atomic E-state index is 0.237. The first-order valence-corrected chi connectivity index (χ1v) is 6.56. The van der Waals surface area contributed by atoms with Gasteiger partial charge in [-0.25, -0.2) is 4.79 Å². The van der Waals surface area contributed by atoms with Gasteiger partial charge in [-0.05, 0) is 24.5 Å². The minimum atomic E-state index is -1.22. The van der Waals surface area contributed by atoms with Crippen LogP contribution in [0.2, 0.25) is 0 Å². The van der Waals surface area contributed by atoms with Gasteiger partial charge in [-0.2, -0.15) is 0 Å². The highest BCUT2D eigenvalue weighted by Gasteiger charge is 2.16. The maximum Gasteiger partial charge on any atom is 0.341 e. The number of carboxylic acid groups (broad SMARTS) is 1. The van der Waals surface area contributed by atoms with Crippen LogP contribution >= 0.6 is 0 Å². The standard InChI is InChI=1S/C15H18N2O3/c1-9(2)6-7-17-8-10(15(19)20)14(18)13-11(16)4-3-5-12(13)17/h3-5,8-9H,6-7,16H2,1-2H3,(H,19,20). The minimum Gasteiger partial charge on any atom is -0.477 e. The molecule has 0 spiro atoms. The molecule has 20 heavy (non-hydrogen) atoms. The molecule has 3 N–H and O–H groups in total. The Balaban J connectivity index is 2.73. The van der Waals surface area contributed by atoms with Gasteiger partial charge in [0.25, 0.3) is 0 Å². The van der Waals surface area contributed by atoms with Crippen molar-refractivity contribution in [3.8, 4) is 0 Å². The summed E-state index contributed by atoms with van der Waals surface area (Å²) in [6.45, 7) is 4.84. The number of aromatic nitrogens is 1. The van der Waals surface area contributed by atoms with E-state index in [1.165, 1.54) is 6.20 Å². The van der Waals surface area contributed by atoms with Crippen LogP contribution in [0.25, 0.3) is 10.9 Å². The Labute approximate surface area is 116 Å². The molecule has 5 heteroatoms. The summed E-state index contributed by atoms with van der Waals surface area (Å²) in [7, 11) is 0. The topological polar surface area (TPSA) is 85.3 Å². The van der Waals surface area contributed by atoms with E-state index in [0.717, 1.165) is 6.42 Å². The number of anilines is 1. The third-order valence-corrected chi connectivity index (χ3v) is 3.32. The molecule has 1 heterocycles. The average molecular weight is 274 g/mol. The summed E-state index contributed by atoms with van der Waals surface area (Å²) in [5.74, 6) is -0.739. The molecule has 0 radical (unpaired) electrons. The molecule has 0 bridgehead atoms. The molecule has 0 saturated carbocycles. The zero-order valence-corrected chi connectivity index (χ0v) is 11.6. The van der Waals surface area contributed by atoms with Crippen molar-refractivity contribution in [2.75, 3.05) is 5.73 Å². The maximum absolute atomic E-state index is 12.2. The van der Waals surface area contributed by atoms with E-state index in [1.54, 1.807) is 22.8 Å². The number of nitrogens with two attached hydrogens (primary N) is 1. The van der Waals surface area contributed by atoms with E-state index in [4.69, 9.17) is 10.8 Å². The predicted molar refractivity (Wildman–Crippen MR) is 79.0 cm³/mol. The third-order valence-electron chi connectivity index (χ3n) is 3.32. The van der Waals surface area contributed by atoms with E-state index in [9.17, 15) is 9.59 Å². The van der Waals surface area contributed by atoms with Crippen molar-refractivity contribution < 1.29 is 9.90 Å². The first kappa shape index (κ1) is 14.1. The van der Waals surface area contributed by atoms with E-state index in [1.807, 2.05) is 0 Å². The molecular weight excluding hydrogens is 256 g/mol. The second-order valence-electron chi connectivity index (χ2n) is 5.29. The monoisotopic (exact) mass is 274 g/mol. The van der Waals surface area contributed by atoms with Crippen LogP contribution in [-0.2, 0) is 6.54 Å². The van der Waals surface area contributed by atoms with E-state index < -0.39 is 11.4 Å². The van der Waals surface area contributed by atoms with Gasteiger partial charge in [0.15, 0.2) is 0 Å². The first-order chi connectivity index (χ1) is 9.41. The SMILES string of the molecule is CC(C)CCn1cc(C(=O)O)c(=O)c2c(N)cccc21. The Hall–Kier alpha value is -2.30. The lowest BCUT2D eigenvalue weighted by Crippen LogP contribution is -2.20. The summed E-state index contributed by atoms with van der Waals surface area (Å²) < 4.78 is 1.80. The summed E-state index contributed by atoms with van der Waals surface area (Å²) >= 11 is 0. The van der Waals surface area contributed by atoms with Gasteiger partial charge >= 0.3 is 5.97 Å². The molecule has 1 aromatic heterocycles. The summed E-state index contributed by atoms with van der Waals surface area (Å²) in [4.78, 5) is 23.4. The molecule has 0 aliphatic rings. The van der Waals surface area contributed by atoms with Crippen molar-refractivity contribution in [3.63, 3.8) is 0 Å². The highest BCUT2D eigenvalue weighted by Crippen LogP contribution is 2.19. The van der Waals surface area contributed by atoms with Crippen LogP contribution in [0, 0.1) is 5.92 Å². The molecule has 2 rings (SSSR count). The van der Waals surface area contributed by atoms with Gasteiger partial charge in [-0.1, -0.05) is 19.9 Å². The van der Waals surface area contributed by atoms with Crippen LogP contribution < -0.4 is 11.2 Å². The quantitative estimate of drug-likeness (QED) is 0.838. The summed E-state index contributed by atoms with van der Waals surface area (Å²) in [5.41, 5.74) is 6.08.